The zero-order valence-electron chi connectivity index (χ0n) is 26.7. The van der Waals surface area contributed by atoms with Crippen LogP contribution in [0, 0.1) is 24.7 Å². The molecule has 0 saturated carbocycles. The summed E-state index contributed by atoms with van der Waals surface area (Å²) in [6.07, 6.45) is 7.50. The summed E-state index contributed by atoms with van der Waals surface area (Å²) in [5.41, 5.74) is 0.392. The van der Waals surface area contributed by atoms with Crippen LogP contribution in [0.25, 0.3) is 24.3 Å². The number of allylic oxidation sites excluding steroid dienone is 2. The molecule has 5 heterocycles. The van der Waals surface area contributed by atoms with Gasteiger partial charge >= 0.3 is 23.9 Å². The average molecular weight is 661 g/mol. The number of aromatic nitrogens is 2. The van der Waals surface area contributed by atoms with Crippen molar-refractivity contribution in [3.8, 4) is 0 Å². The van der Waals surface area contributed by atoms with E-state index in [4.69, 9.17) is 0 Å². The molecule has 3 aliphatic rings. The van der Waals surface area contributed by atoms with Crippen molar-refractivity contribution in [3.05, 3.63) is 67.9 Å². The molecule has 48 heavy (non-hydrogen) atoms. The van der Waals surface area contributed by atoms with E-state index >= 15 is 0 Å². The number of fused-ring (bicyclic) bond motifs is 8. The van der Waals surface area contributed by atoms with Gasteiger partial charge in [-0.05, 0) is 81.2 Å². The highest BCUT2D eigenvalue weighted by molar-refractivity contribution is 6.08. The Morgan fingerprint density at radius 1 is 0.750 bits per heavy atom. The molecule has 2 aromatic heterocycles. The van der Waals surface area contributed by atoms with Crippen molar-refractivity contribution in [2.45, 2.75) is 65.5 Å². The molecule has 2 fully saturated rings. The van der Waals surface area contributed by atoms with Gasteiger partial charge in [-0.3, -0.25) is 24.0 Å². The molecule has 4 atom stereocenters. The molecule has 8 N–H and O–H groups in total. The van der Waals surface area contributed by atoms with Crippen LogP contribution in [-0.2, 0) is 35.2 Å². The topological polar surface area (TPSA) is 239 Å². The SMILES string of the molecule is Cc1c2[nH]c(c1CCC(=O)O)/C=c1\[nH]/c(c(C)c1/C=C/C(=O)O)=C\C1N/C(=C\C3N/C(=C\2)C(=O)C3(C)CC(=O)O)C(=O)C1(C)CC(=O)O. The summed E-state index contributed by atoms with van der Waals surface area (Å²) in [6, 6.07) is -1.86. The van der Waals surface area contributed by atoms with Crippen molar-refractivity contribution in [1.82, 2.24) is 20.6 Å². The molecular weight excluding hydrogens is 624 g/mol. The largest absolute Gasteiger partial charge is 0.481 e. The number of ketones is 2. The lowest BCUT2D eigenvalue weighted by atomic mass is 9.76. The fourth-order valence-electron chi connectivity index (χ4n) is 6.80. The van der Waals surface area contributed by atoms with Crippen LogP contribution in [0.15, 0.2) is 23.5 Å². The van der Waals surface area contributed by atoms with Crippen LogP contribution in [0.3, 0.4) is 0 Å². The number of carbonyl (C=O) groups is 6. The van der Waals surface area contributed by atoms with Gasteiger partial charge in [0.15, 0.2) is 11.6 Å². The van der Waals surface area contributed by atoms with Gasteiger partial charge < -0.3 is 41.0 Å². The van der Waals surface area contributed by atoms with Crippen molar-refractivity contribution in [2.24, 2.45) is 10.8 Å². The summed E-state index contributed by atoms with van der Waals surface area (Å²) in [4.78, 5) is 81.4. The Bertz CT molecular complexity index is 2010. The number of nitrogens with one attached hydrogen (secondary N) is 4. The molecule has 2 saturated heterocycles. The standard InChI is InChI=1S/C34H36N4O10/c1-15-17(5-7-27(39)40)21-10-22-18(6-8-28(41)42)16(2)20(36-22)11-25-33(3,13-29(43)44)32(48)24(38-25)12-26-34(4,14-30(45)46)31(47)23(37-26)9-19(15)35-21/h6,8-12,25-26,35-38H,5,7,13-14H2,1-4H3,(H,39,40)(H,41,42)(H,43,44)(H,45,46)/b8-6+,20-11-,22-10-,23-9-,24-12-. The van der Waals surface area contributed by atoms with Crippen molar-refractivity contribution >= 4 is 59.7 Å². The Morgan fingerprint density at radius 2 is 1.33 bits per heavy atom. The predicted octanol–water partition coefficient (Wildman–Crippen LogP) is 0.966. The molecule has 3 aliphatic heterocycles. The maximum atomic E-state index is 14.0. The molecule has 4 unspecified atom stereocenters. The fourth-order valence-corrected chi connectivity index (χ4v) is 6.80. The van der Waals surface area contributed by atoms with Gasteiger partial charge in [0, 0.05) is 40.1 Å². The number of hydrogen-bond donors (Lipinski definition) is 8. The molecule has 14 heteroatoms. The third-order valence-electron chi connectivity index (χ3n) is 9.60. The quantitative estimate of drug-likeness (QED) is 0.176. The summed E-state index contributed by atoms with van der Waals surface area (Å²) < 4.78 is 0. The Labute approximate surface area is 273 Å². The summed E-state index contributed by atoms with van der Waals surface area (Å²) in [5, 5.41) is 45.6. The molecule has 5 rings (SSSR count). The van der Waals surface area contributed by atoms with E-state index in [9.17, 15) is 49.2 Å². The van der Waals surface area contributed by atoms with Gasteiger partial charge in [0.1, 0.15) is 0 Å². The lowest BCUT2D eigenvalue weighted by Crippen LogP contribution is -2.39. The van der Waals surface area contributed by atoms with E-state index in [1.165, 1.54) is 32.1 Å². The Balaban J connectivity index is 1.87. The minimum atomic E-state index is -1.52. The minimum Gasteiger partial charge on any atom is -0.481 e. The summed E-state index contributed by atoms with van der Waals surface area (Å²) in [5.74, 6) is -5.71. The van der Waals surface area contributed by atoms with E-state index in [2.05, 4.69) is 20.6 Å². The molecule has 14 nitrogen and oxygen atoms in total. The molecule has 8 bridgehead atoms. The highest BCUT2D eigenvalue weighted by atomic mass is 16.4. The number of aromatic amines is 2. The van der Waals surface area contributed by atoms with Gasteiger partial charge in [-0.15, -0.1) is 0 Å². The molecule has 252 valence electrons. The smallest absolute Gasteiger partial charge is 0.328 e. The van der Waals surface area contributed by atoms with Crippen molar-refractivity contribution in [3.63, 3.8) is 0 Å². The summed E-state index contributed by atoms with van der Waals surface area (Å²) in [7, 11) is 0. The number of carboxylic acid groups (broad SMARTS) is 4. The summed E-state index contributed by atoms with van der Waals surface area (Å²) >= 11 is 0. The maximum absolute atomic E-state index is 14.0. The van der Waals surface area contributed by atoms with E-state index in [1.807, 2.05) is 0 Å². The average Bonchev–Trinajstić information content (AvgIpc) is 3.58. The Morgan fingerprint density at radius 3 is 1.92 bits per heavy atom. The zero-order valence-corrected chi connectivity index (χ0v) is 26.7. The molecular formula is C34H36N4O10. The van der Waals surface area contributed by atoms with Crippen molar-refractivity contribution < 1.29 is 49.2 Å². The van der Waals surface area contributed by atoms with Crippen LogP contribution in [0.4, 0.5) is 0 Å². The molecule has 0 amide bonds. The van der Waals surface area contributed by atoms with Crippen LogP contribution >= 0.6 is 0 Å². The van der Waals surface area contributed by atoms with E-state index in [0.29, 0.717) is 44.3 Å². The van der Waals surface area contributed by atoms with Gasteiger partial charge in [0.25, 0.3) is 0 Å². The first kappa shape index (κ1) is 33.7. The first-order valence-electron chi connectivity index (χ1n) is 15.2. The second-order valence-corrected chi connectivity index (χ2v) is 12.9. The first-order valence-corrected chi connectivity index (χ1v) is 15.2. The van der Waals surface area contributed by atoms with E-state index in [1.54, 1.807) is 26.0 Å². The third-order valence-corrected chi connectivity index (χ3v) is 9.60. The Kier molecular flexibility index (Phi) is 8.55. The Hall–Kier alpha value is -5.66. The van der Waals surface area contributed by atoms with E-state index in [-0.39, 0.29) is 24.2 Å². The van der Waals surface area contributed by atoms with Crippen LogP contribution in [0.2, 0.25) is 0 Å². The van der Waals surface area contributed by atoms with Crippen molar-refractivity contribution in [1.29, 1.82) is 0 Å². The van der Waals surface area contributed by atoms with E-state index < -0.39 is 71.2 Å². The van der Waals surface area contributed by atoms with Gasteiger partial charge in [0.2, 0.25) is 0 Å². The number of carboxylic acids is 4. The van der Waals surface area contributed by atoms with Crippen molar-refractivity contribution in [2.75, 3.05) is 0 Å². The van der Waals surface area contributed by atoms with Gasteiger partial charge in [-0.2, -0.15) is 0 Å². The molecule has 0 radical (unpaired) electrons. The highest BCUT2D eigenvalue weighted by Gasteiger charge is 2.53. The fraction of sp³-hybridized carbons (Fsp3) is 0.353. The number of H-pyrrole nitrogens is 2. The summed E-state index contributed by atoms with van der Waals surface area (Å²) in [6.45, 7) is 6.50. The van der Waals surface area contributed by atoms with Gasteiger partial charge in [-0.25, -0.2) is 4.79 Å². The second-order valence-electron chi connectivity index (χ2n) is 12.9. The molecule has 2 aromatic rings. The lowest BCUT2D eigenvalue weighted by Gasteiger charge is -2.25. The third kappa shape index (κ3) is 5.96. The van der Waals surface area contributed by atoms with E-state index in [0.717, 1.165) is 6.08 Å². The van der Waals surface area contributed by atoms with Crippen LogP contribution < -0.4 is 21.3 Å². The number of rotatable bonds is 9. The first-order chi connectivity index (χ1) is 22.4. The highest BCUT2D eigenvalue weighted by Crippen LogP contribution is 2.41. The monoisotopic (exact) mass is 660 g/mol. The maximum Gasteiger partial charge on any atom is 0.328 e. The normalized spacial score (nSPS) is 28.2. The number of aliphatic carboxylic acids is 4. The van der Waals surface area contributed by atoms with Crippen LogP contribution in [0.5, 0.6) is 0 Å². The zero-order chi connectivity index (χ0) is 35.3. The van der Waals surface area contributed by atoms with Gasteiger partial charge in [-0.1, -0.05) is 0 Å². The number of hydrogen-bond acceptors (Lipinski definition) is 8. The number of carbonyl (C=O) groups excluding carboxylic acids is 2. The van der Waals surface area contributed by atoms with Crippen LogP contribution in [0.1, 0.15) is 66.8 Å². The number of Topliss-reactive ketones (excluding diaryl/α,β-unsaturated/α-hetero) is 2. The molecule has 0 spiro atoms. The van der Waals surface area contributed by atoms with Crippen LogP contribution in [-0.4, -0.2) is 77.9 Å². The molecule has 0 aromatic carbocycles. The predicted molar refractivity (Wildman–Crippen MR) is 172 cm³/mol. The second kappa shape index (κ2) is 12.2. The molecule has 0 aliphatic carbocycles. The van der Waals surface area contributed by atoms with Gasteiger partial charge in [0.05, 0.1) is 47.1 Å². The minimum absolute atomic E-state index is 0.0200. The lowest BCUT2D eigenvalue weighted by molar-refractivity contribution is -0.143.